The Labute approximate surface area is 365 Å². The molecule has 6 N–H and O–H groups in total. The Morgan fingerprint density at radius 1 is 0.667 bits per heavy atom. The van der Waals surface area contributed by atoms with Gasteiger partial charge in [-0.3, -0.25) is 23.7 Å². The first kappa shape index (κ1) is 43.2. The van der Waals surface area contributed by atoms with Crippen molar-refractivity contribution in [3.05, 3.63) is 167 Å². The van der Waals surface area contributed by atoms with Crippen molar-refractivity contribution < 1.29 is 33.8 Å². The van der Waals surface area contributed by atoms with Gasteiger partial charge in [0.15, 0.2) is 0 Å². The number of hydrogen-bond acceptors (Lipinski definition) is 7. The lowest BCUT2D eigenvalue weighted by atomic mass is 10.1. The Kier molecular flexibility index (Phi) is 12.6. The number of aryl methyl sites for hydroxylation is 5. The van der Waals surface area contributed by atoms with Crippen LogP contribution in [0.5, 0.6) is 0 Å². The molecule has 8 aromatic rings. The van der Waals surface area contributed by atoms with E-state index < -0.39 is 29.6 Å². The molecule has 3 aromatic carbocycles. The van der Waals surface area contributed by atoms with Gasteiger partial charge >= 0.3 is 11.9 Å². The number of carbonyl (C=O) groups is 4. The molecule has 5 heterocycles. The van der Waals surface area contributed by atoms with Crippen molar-refractivity contribution in [3.8, 4) is 43.9 Å². The summed E-state index contributed by atoms with van der Waals surface area (Å²) in [6, 6.07) is 27.0. The maximum absolute atomic E-state index is 14.9. The van der Waals surface area contributed by atoms with Crippen LogP contribution in [0, 0.1) is 26.6 Å². The summed E-state index contributed by atoms with van der Waals surface area (Å²) in [5.74, 6) is -2.27. The van der Waals surface area contributed by atoms with E-state index in [4.69, 9.17) is 16.6 Å². The smallest absolute Gasteiger partial charge is 0.303 e. The molecule has 0 unspecified atom stereocenters. The number of nitrogens with zero attached hydrogens (tertiary/aromatic N) is 6. The Hall–Kier alpha value is -7.85. The summed E-state index contributed by atoms with van der Waals surface area (Å²) in [4.78, 5) is 54.8. The Bertz CT molecular complexity index is 2990. The van der Waals surface area contributed by atoms with Crippen molar-refractivity contribution in [2.75, 3.05) is 0 Å². The summed E-state index contributed by atoms with van der Waals surface area (Å²) in [6.07, 6.45) is 9.13. The molecule has 16 heteroatoms. The summed E-state index contributed by atoms with van der Waals surface area (Å²) >= 11 is 1.63. The quantitative estimate of drug-likeness (QED) is 0.0840. The van der Waals surface area contributed by atoms with Crippen molar-refractivity contribution in [3.63, 3.8) is 0 Å². The number of aliphatic carboxylic acids is 2. The topological polar surface area (TPSA) is 206 Å². The van der Waals surface area contributed by atoms with E-state index >= 15 is 0 Å². The van der Waals surface area contributed by atoms with Crippen molar-refractivity contribution in [2.45, 2.75) is 46.5 Å². The van der Waals surface area contributed by atoms with Gasteiger partial charge in [-0.15, -0.1) is 11.3 Å². The van der Waals surface area contributed by atoms with Crippen LogP contribution in [0.25, 0.3) is 43.9 Å². The van der Waals surface area contributed by atoms with Crippen LogP contribution in [0.15, 0.2) is 122 Å². The number of primary amides is 2. The molecule has 0 fully saturated rings. The second kappa shape index (κ2) is 18.4. The highest BCUT2D eigenvalue weighted by Gasteiger charge is 2.19. The zero-order chi connectivity index (χ0) is 44.9. The summed E-state index contributed by atoms with van der Waals surface area (Å²) in [5, 5.41) is 19.4. The molecular weight excluding hydrogens is 824 g/mol. The van der Waals surface area contributed by atoms with Gasteiger partial charge in [-0.25, -0.2) is 14.4 Å². The van der Waals surface area contributed by atoms with E-state index in [1.54, 1.807) is 77.0 Å². The van der Waals surface area contributed by atoms with Gasteiger partial charge in [0.2, 0.25) is 11.8 Å². The third-order valence-electron chi connectivity index (χ3n) is 10.5. The minimum absolute atomic E-state index is 0.0335. The number of halogens is 1. The van der Waals surface area contributed by atoms with Crippen LogP contribution in [0.2, 0.25) is 0 Å². The van der Waals surface area contributed by atoms with Crippen LogP contribution in [0.4, 0.5) is 4.39 Å². The summed E-state index contributed by atoms with van der Waals surface area (Å²) in [5.41, 5.74) is 19.3. The molecule has 0 aliphatic carbocycles. The maximum Gasteiger partial charge on any atom is 0.303 e. The average molecular weight is 867 g/mol. The Morgan fingerprint density at radius 2 is 1.24 bits per heavy atom. The predicted octanol–water partition coefficient (Wildman–Crippen LogP) is 8.02. The SMILES string of the molecule is Cc1cc(C(N)=O)ccc1-n1c(CCC(=O)O)ccc1-c1ccc(-n2ccnc2)c(F)c1.Cc1cc(C(N)=O)ccc1-n1c(CCC(=O)O)ccc1-c1ccc(-n2ccnc2C)s1. The zero-order valence-electron chi connectivity index (χ0n) is 34.5. The lowest BCUT2D eigenvalue weighted by Gasteiger charge is -2.17. The molecule has 14 nitrogen and oxygen atoms in total. The number of carboxylic acids is 2. The van der Waals surface area contributed by atoms with Crippen molar-refractivity contribution in [1.29, 1.82) is 0 Å². The van der Waals surface area contributed by atoms with Gasteiger partial charge in [-0.2, -0.15) is 0 Å². The van der Waals surface area contributed by atoms with Crippen LogP contribution >= 0.6 is 11.3 Å². The van der Waals surface area contributed by atoms with Gasteiger partial charge in [-0.05, 0) is 130 Å². The molecule has 0 bridgehead atoms. The van der Waals surface area contributed by atoms with Gasteiger partial charge in [0.25, 0.3) is 0 Å². The van der Waals surface area contributed by atoms with E-state index in [1.165, 1.54) is 12.4 Å². The molecule has 0 radical (unpaired) electrons. The van der Waals surface area contributed by atoms with Gasteiger partial charge in [0.1, 0.15) is 16.6 Å². The van der Waals surface area contributed by atoms with Gasteiger partial charge in [-0.1, -0.05) is 6.07 Å². The number of aromatic nitrogens is 6. The number of benzene rings is 3. The van der Waals surface area contributed by atoms with Crippen LogP contribution in [-0.4, -0.2) is 62.2 Å². The monoisotopic (exact) mass is 866 g/mol. The third-order valence-corrected chi connectivity index (χ3v) is 11.6. The van der Waals surface area contributed by atoms with E-state index in [0.29, 0.717) is 40.9 Å². The number of nitrogens with two attached hydrogens (primary N) is 2. The minimum Gasteiger partial charge on any atom is -0.481 e. The zero-order valence-corrected chi connectivity index (χ0v) is 35.3. The van der Waals surface area contributed by atoms with E-state index in [2.05, 4.69) is 20.6 Å². The lowest BCUT2D eigenvalue weighted by molar-refractivity contribution is -0.138. The number of hydrogen-bond donors (Lipinski definition) is 4. The second-order valence-corrected chi connectivity index (χ2v) is 15.8. The maximum atomic E-state index is 14.9. The number of carboxylic acid groups (broad SMARTS) is 2. The van der Waals surface area contributed by atoms with Gasteiger partial charge < -0.3 is 35.4 Å². The van der Waals surface area contributed by atoms with Crippen molar-refractivity contribution in [2.24, 2.45) is 11.5 Å². The van der Waals surface area contributed by atoms with Crippen molar-refractivity contribution in [1.82, 2.24) is 28.2 Å². The summed E-state index contributed by atoms with van der Waals surface area (Å²) in [7, 11) is 0. The molecule has 0 saturated heterocycles. The highest BCUT2D eigenvalue weighted by molar-refractivity contribution is 7.17. The predicted molar refractivity (Wildman–Crippen MR) is 238 cm³/mol. The fourth-order valence-electron chi connectivity index (χ4n) is 7.41. The summed E-state index contributed by atoms with van der Waals surface area (Å²) < 4.78 is 22.5. The molecule has 0 aliphatic heterocycles. The molecule has 63 heavy (non-hydrogen) atoms. The highest BCUT2D eigenvalue weighted by atomic mass is 32.1. The first-order valence-corrected chi connectivity index (χ1v) is 20.6. The summed E-state index contributed by atoms with van der Waals surface area (Å²) in [6.45, 7) is 5.71. The molecule has 0 atom stereocenters. The molecule has 8 rings (SSSR count). The van der Waals surface area contributed by atoms with Gasteiger partial charge in [0, 0.05) is 64.2 Å². The van der Waals surface area contributed by atoms with E-state index in [1.807, 2.05) is 72.5 Å². The number of rotatable bonds is 14. The van der Waals surface area contributed by atoms with Crippen LogP contribution < -0.4 is 11.5 Å². The van der Waals surface area contributed by atoms with Crippen molar-refractivity contribution >= 4 is 35.1 Å². The van der Waals surface area contributed by atoms with Crippen LogP contribution in [0.1, 0.15) is 61.9 Å². The minimum atomic E-state index is -0.907. The fourth-order valence-corrected chi connectivity index (χ4v) is 8.46. The highest BCUT2D eigenvalue weighted by Crippen LogP contribution is 2.36. The van der Waals surface area contributed by atoms with E-state index in [0.717, 1.165) is 55.3 Å². The lowest BCUT2D eigenvalue weighted by Crippen LogP contribution is -2.12. The molecule has 320 valence electrons. The largest absolute Gasteiger partial charge is 0.481 e. The van der Waals surface area contributed by atoms with Crippen LogP contribution in [0.3, 0.4) is 0 Å². The fraction of sp³-hybridized carbons (Fsp3) is 0.149. The molecule has 5 aromatic heterocycles. The van der Waals surface area contributed by atoms with Crippen LogP contribution in [-0.2, 0) is 22.4 Å². The first-order chi connectivity index (χ1) is 30.2. The Balaban J connectivity index is 0.000000189. The molecular formula is C47H43FN8O6S. The second-order valence-electron chi connectivity index (χ2n) is 14.7. The molecule has 0 spiro atoms. The molecule has 0 saturated carbocycles. The molecule has 0 aliphatic rings. The van der Waals surface area contributed by atoms with E-state index in [9.17, 15) is 28.7 Å². The van der Waals surface area contributed by atoms with Gasteiger partial charge in [0.05, 0.1) is 41.1 Å². The normalized spacial score (nSPS) is 11.0. The standard InChI is InChI=1S/C24H21FN4O3.C23H22N4O3S/c1-15-12-17(24(26)32)3-6-20(15)29-18(5-9-23(30)31)4-8-21(29)16-2-7-22(19(25)13-16)28-11-10-27-14-28;1-14-13-16(23(24)30)3-6-18(14)27-17(5-10-22(28)29)4-7-19(27)20-8-9-21(31-20)26-12-11-25-15(26)2/h2-4,6-8,10-14H,5,9H2,1H3,(H2,26,32)(H,30,31);3-4,6-9,11-13H,5,10H2,1-2H3,(H2,24,30)(H,28,29). The first-order valence-electron chi connectivity index (χ1n) is 19.8. The average Bonchev–Trinajstić information content (AvgIpc) is 4.10. The number of carbonyl (C=O) groups excluding carboxylic acids is 2. The molecule has 2 amide bonds. The Morgan fingerprint density at radius 3 is 1.73 bits per heavy atom. The number of imidazole rings is 2. The number of amides is 2. The number of thiophene rings is 1. The van der Waals surface area contributed by atoms with E-state index in [-0.39, 0.29) is 12.8 Å². The third kappa shape index (κ3) is 9.40.